The van der Waals surface area contributed by atoms with Crippen molar-refractivity contribution in [2.24, 2.45) is 21.7 Å². The first-order chi connectivity index (χ1) is 27.8. The molecule has 0 bridgehead atoms. The number of ether oxygens (including phenoxy) is 2. The van der Waals surface area contributed by atoms with E-state index in [0.29, 0.717) is 0 Å². The van der Waals surface area contributed by atoms with Crippen LogP contribution in [0.4, 0.5) is 0 Å². The van der Waals surface area contributed by atoms with Crippen LogP contribution in [0.25, 0.3) is 0 Å². The smallest absolute Gasteiger partial charge is 0.337 e. The third kappa shape index (κ3) is 96.6. The van der Waals surface area contributed by atoms with Crippen molar-refractivity contribution in [1.29, 1.82) is 0 Å². The second-order valence-corrected chi connectivity index (χ2v) is 17.6. The van der Waals surface area contributed by atoms with Crippen LogP contribution in [0.15, 0.2) is 83.0 Å². The van der Waals surface area contributed by atoms with Crippen molar-refractivity contribution in [2.45, 2.75) is 138 Å². The van der Waals surface area contributed by atoms with Gasteiger partial charge >= 0.3 is 5.97 Å². The van der Waals surface area contributed by atoms with Gasteiger partial charge in [0.1, 0.15) is 17.6 Å². The molecule has 0 aliphatic carbocycles. The summed E-state index contributed by atoms with van der Waals surface area (Å²) in [6.45, 7) is 33.6. The van der Waals surface area contributed by atoms with Crippen molar-refractivity contribution in [1.82, 2.24) is 0 Å². The molecule has 0 saturated heterocycles. The number of methoxy groups -OCH3 is 2. The molecule has 23 heteroatoms. The van der Waals surface area contributed by atoms with Crippen molar-refractivity contribution in [3.05, 3.63) is 83.0 Å². The van der Waals surface area contributed by atoms with Crippen LogP contribution in [-0.4, -0.2) is 90.6 Å². The fourth-order valence-corrected chi connectivity index (χ4v) is 2.51. The Labute approximate surface area is 527 Å². The quantitative estimate of drug-likeness (QED) is 0.0515. The fraction of sp³-hybridized carbons (Fsp3) is 0.553. The summed E-state index contributed by atoms with van der Waals surface area (Å²) in [6, 6.07) is 0. The summed E-state index contributed by atoms with van der Waals surface area (Å²) < 4.78 is 8.41. The minimum atomic E-state index is -0.644. The average Bonchev–Trinajstić information content (AvgIpc) is 3.02. The Bertz CT molecular complexity index is 1530. The predicted molar refractivity (Wildman–Crippen MR) is 247 cm³/mol. The zero-order chi connectivity index (χ0) is 52.4. The number of hydrogen-bond acceptors (Lipinski definition) is 16. The SMILES string of the molecule is CC(=O)C=C(C)O.CC(=O)C=C(C)O.CC(=O)C=C(C)O.CC(=O)C=C(C)O.CC(C)(C)C(=O)C=C(O)C(C)(C)C.CC(C)(C)C(=O)C=C(O)C(C)(C)C.COC(=O)C=C(O)OC.[Co].[Co].[Hf].[Hf].[Hf].[Hf].[Zn]. The van der Waals surface area contributed by atoms with Gasteiger partial charge in [-0.05, 0) is 55.4 Å². The Morgan fingerprint density at radius 1 is 0.343 bits per heavy atom. The van der Waals surface area contributed by atoms with E-state index in [2.05, 4.69) is 9.47 Å². The van der Waals surface area contributed by atoms with Crippen LogP contribution in [0.2, 0.25) is 0 Å². The minimum Gasteiger partial charge on any atom is -0.512 e. The first kappa shape index (κ1) is 106. The van der Waals surface area contributed by atoms with E-state index in [9.17, 15) is 43.8 Å². The summed E-state index contributed by atoms with van der Waals surface area (Å²) >= 11 is 0. The Morgan fingerprint density at radius 3 is 0.614 bits per heavy atom. The van der Waals surface area contributed by atoms with E-state index in [1.54, 1.807) is 0 Å². The van der Waals surface area contributed by atoms with Gasteiger partial charge in [0.25, 0.3) is 5.95 Å². The molecule has 0 fully saturated rings. The normalized spacial score (nSPS) is 11.3. The van der Waals surface area contributed by atoms with E-state index in [-0.39, 0.29) is 236 Å². The Balaban J connectivity index is -0.0000000435. The van der Waals surface area contributed by atoms with Gasteiger partial charge in [-0.2, -0.15) is 0 Å². The molecule has 0 aromatic rings. The van der Waals surface area contributed by atoms with Crippen LogP contribution in [-0.2, 0) is 199 Å². The summed E-state index contributed by atoms with van der Waals surface area (Å²) in [5.74, 6) is -1.14. The summed E-state index contributed by atoms with van der Waals surface area (Å²) in [6.07, 6.45) is 8.17. The molecule has 0 spiro atoms. The van der Waals surface area contributed by atoms with Crippen molar-refractivity contribution in [2.75, 3.05) is 14.2 Å². The van der Waals surface area contributed by atoms with Gasteiger partial charge in [0.05, 0.1) is 37.3 Å². The third-order valence-electron chi connectivity index (χ3n) is 5.85. The Hall–Kier alpha value is -0.813. The van der Waals surface area contributed by atoms with Crippen LogP contribution in [0.5, 0.6) is 0 Å². The second kappa shape index (κ2) is 55.9. The minimum absolute atomic E-state index is 0. The van der Waals surface area contributed by atoms with E-state index in [1.807, 2.05) is 83.1 Å². The van der Waals surface area contributed by atoms with Gasteiger partial charge in [0, 0.05) is 215 Å². The molecule has 0 aliphatic heterocycles. The first-order valence-corrected chi connectivity index (χ1v) is 19.3. The molecular formula is C47H80Co2Hf4O16Zn. The third-order valence-corrected chi connectivity index (χ3v) is 5.85. The number of allylic oxidation sites excluding steroid dienone is 12. The number of ketones is 6. The molecule has 0 unspecified atom stereocenters. The van der Waals surface area contributed by atoms with Gasteiger partial charge in [-0.15, -0.1) is 0 Å². The number of carbonyl (C=O) groups is 7. The molecular weight excluding hydrogens is 1720 g/mol. The molecule has 0 amide bonds. The van der Waals surface area contributed by atoms with Gasteiger partial charge in [0.2, 0.25) is 0 Å². The van der Waals surface area contributed by atoms with Crippen molar-refractivity contribution >= 4 is 40.7 Å². The second-order valence-electron chi connectivity index (χ2n) is 17.6. The molecule has 0 aliphatic rings. The summed E-state index contributed by atoms with van der Waals surface area (Å²) in [7, 11) is 2.45. The monoisotopic (exact) mass is 1800 g/mol. The Morgan fingerprint density at radius 2 is 0.529 bits per heavy atom. The van der Waals surface area contributed by atoms with Crippen molar-refractivity contribution in [3.8, 4) is 0 Å². The molecule has 0 heterocycles. The largest absolute Gasteiger partial charge is 0.512 e. The predicted octanol–water partition coefficient (Wildman–Crippen LogP) is 10.5. The maximum atomic E-state index is 11.5. The standard InChI is InChI=1S/2C11H20O2.C5H8O4.4C5H8O2.2Co.4Hf.Zn/c2*1-10(2,3)8(12)7-9(13)11(4,5)6;1-8-4(6)3-5(7)9-2;4*1-4(6)3-5(2)7;;;;;;;/h2*7,12H,1-6H3;3,6H,1-2H3;4*3,6H,1-2H3;;;;;;;. The molecule has 2 radical (unpaired) electrons. The number of rotatable bonds is 8. The van der Waals surface area contributed by atoms with Crippen LogP contribution >= 0.6 is 0 Å². The number of carbonyl (C=O) groups excluding carboxylic acids is 7. The topological polar surface area (TPSA) is 280 Å². The molecule has 0 aromatic carbocycles. The van der Waals surface area contributed by atoms with E-state index in [1.165, 1.54) is 106 Å². The van der Waals surface area contributed by atoms with E-state index < -0.39 is 22.7 Å². The molecule has 400 valence electrons. The summed E-state index contributed by atoms with van der Waals surface area (Å²) in [4.78, 5) is 73.3. The Kier molecular flexibility index (Phi) is 84.4. The van der Waals surface area contributed by atoms with E-state index >= 15 is 0 Å². The summed E-state index contributed by atoms with van der Waals surface area (Å²) in [5, 5.41) is 61.1. The molecule has 0 aromatic heterocycles. The van der Waals surface area contributed by atoms with Crippen LogP contribution < -0.4 is 0 Å². The maximum absolute atomic E-state index is 11.5. The van der Waals surface area contributed by atoms with E-state index in [0.717, 1.165) is 6.08 Å². The first-order valence-electron chi connectivity index (χ1n) is 19.3. The zero-order valence-electron chi connectivity index (χ0n) is 45.2. The molecule has 70 heavy (non-hydrogen) atoms. The average molecular weight is 1800 g/mol. The van der Waals surface area contributed by atoms with Crippen molar-refractivity contribution < 1.29 is 235 Å². The zero-order valence-corrected chi connectivity index (χ0v) is 64.6. The number of aliphatic hydroxyl groups is 7. The molecule has 7 N–H and O–H groups in total. The van der Waals surface area contributed by atoms with Gasteiger partial charge in [0.15, 0.2) is 34.7 Å². The van der Waals surface area contributed by atoms with Gasteiger partial charge < -0.3 is 45.2 Å². The fourth-order valence-electron chi connectivity index (χ4n) is 2.51. The van der Waals surface area contributed by atoms with Gasteiger partial charge in [-0.3, -0.25) is 28.8 Å². The van der Waals surface area contributed by atoms with Crippen LogP contribution in [0.3, 0.4) is 0 Å². The molecule has 0 rings (SSSR count). The summed E-state index contributed by atoms with van der Waals surface area (Å²) in [5.41, 5.74) is -1.53. The molecule has 0 saturated carbocycles. The molecule has 0 atom stereocenters. The van der Waals surface area contributed by atoms with Gasteiger partial charge in [-0.1, -0.05) is 83.1 Å². The van der Waals surface area contributed by atoms with Crippen LogP contribution in [0, 0.1) is 21.7 Å². The number of hydrogen-bond donors (Lipinski definition) is 7. The van der Waals surface area contributed by atoms with Crippen molar-refractivity contribution in [3.63, 3.8) is 0 Å². The molecule has 16 nitrogen and oxygen atoms in total. The maximum Gasteiger partial charge on any atom is 0.337 e. The van der Waals surface area contributed by atoms with Crippen LogP contribution in [0.1, 0.15) is 138 Å². The van der Waals surface area contributed by atoms with Gasteiger partial charge in [-0.25, -0.2) is 4.79 Å². The van der Waals surface area contributed by atoms with E-state index in [4.69, 9.17) is 25.5 Å². The number of aliphatic hydroxyl groups excluding tert-OH is 7. The number of esters is 1.